The van der Waals surface area contributed by atoms with Gasteiger partial charge in [0.25, 0.3) is 0 Å². The molecule has 2 aliphatic rings. The lowest BCUT2D eigenvalue weighted by molar-refractivity contribution is -0.137. The number of nitrogens with zero attached hydrogens (tertiary/aromatic N) is 1. The first-order valence-electron chi connectivity index (χ1n) is 5.79. The first kappa shape index (κ1) is 14.1. The Kier molecular flexibility index (Phi) is 3.91. The molecule has 0 bridgehead atoms. The highest BCUT2D eigenvalue weighted by Gasteiger charge is 2.45. The number of hydrogen-bond acceptors (Lipinski definition) is 6. The van der Waals surface area contributed by atoms with Crippen LogP contribution in [0.4, 0.5) is 0 Å². The summed E-state index contributed by atoms with van der Waals surface area (Å²) in [5, 5.41) is -0.759. The van der Waals surface area contributed by atoms with E-state index >= 15 is 0 Å². The van der Waals surface area contributed by atoms with Crippen LogP contribution in [-0.2, 0) is 19.4 Å². The van der Waals surface area contributed by atoms with Crippen molar-refractivity contribution in [2.75, 3.05) is 37.5 Å². The summed E-state index contributed by atoms with van der Waals surface area (Å²) in [5.41, 5.74) is 4.97. The van der Waals surface area contributed by atoms with Crippen LogP contribution in [0.3, 0.4) is 0 Å². The van der Waals surface area contributed by atoms with E-state index in [1.54, 1.807) is 11.8 Å². The largest absolute Gasteiger partial charge is 0.379 e. The third-order valence-electron chi connectivity index (χ3n) is 3.32. The van der Waals surface area contributed by atoms with Gasteiger partial charge < -0.3 is 15.4 Å². The van der Waals surface area contributed by atoms with E-state index in [9.17, 15) is 13.2 Å². The van der Waals surface area contributed by atoms with Crippen LogP contribution < -0.4 is 5.73 Å². The van der Waals surface area contributed by atoms with Crippen molar-refractivity contribution >= 4 is 27.5 Å². The number of hydrogen-bond donors (Lipinski definition) is 1. The minimum Gasteiger partial charge on any atom is -0.379 e. The monoisotopic (exact) mass is 294 g/mol. The number of amides is 1. The molecule has 0 radical (unpaired) electrons. The minimum absolute atomic E-state index is 0.173. The average Bonchev–Trinajstić information content (AvgIpc) is 2.75. The third kappa shape index (κ3) is 2.66. The van der Waals surface area contributed by atoms with Gasteiger partial charge >= 0.3 is 0 Å². The smallest absolute Gasteiger partial charge is 0.246 e. The standard InChI is InChI=1S/C10H18N2O4S2/c1-18(14,15)8-6-17-5-3-12(8)9(13)10(11)2-4-16-7-10/h8H,2-7,11H2,1H3. The second kappa shape index (κ2) is 4.99. The summed E-state index contributed by atoms with van der Waals surface area (Å²) < 4.78 is 28.6. The molecule has 0 aromatic carbocycles. The Balaban J connectivity index is 2.21. The van der Waals surface area contributed by atoms with Crippen LogP contribution in [0, 0.1) is 0 Å². The highest BCUT2D eigenvalue weighted by Crippen LogP contribution is 2.26. The first-order chi connectivity index (χ1) is 8.34. The van der Waals surface area contributed by atoms with Gasteiger partial charge in [0.05, 0.1) is 6.61 Å². The number of ether oxygens (including phenoxy) is 1. The van der Waals surface area contributed by atoms with Crippen LogP contribution in [0.2, 0.25) is 0 Å². The Morgan fingerprint density at radius 1 is 1.56 bits per heavy atom. The van der Waals surface area contributed by atoms with E-state index in [0.717, 1.165) is 12.0 Å². The van der Waals surface area contributed by atoms with Gasteiger partial charge in [-0.25, -0.2) is 8.42 Å². The van der Waals surface area contributed by atoms with E-state index in [2.05, 4.69) is 0 Å². The molecule has 6 nitrogen and oxygen atoms in total. The molecular weight excluding hydrogens is 276 g/mol. The fourth-order valence-electron chi connectivity index (χ4n) is 2.20. The van der Waals surface area contributed by atoms with Crippen molar-refractivity contribution in [3.8, 4) is 0 Å². The highest BCUT2D eigenvalue weighted by molar-refractivity contribution is 8.00. The van der Waals surface area contributed by atoms with Crippen molar-refractivity contribution in [2.24, 2.45) is 5.73 Å². The van der Waals surface area contributed by atoms with E-state index in [1.807, 2.05) is 0 Å². The van der Waals surface area contributed by atoms with E-state index in [-0.39, 0.29) is 12.5 Å². The fraction of sp³-hybridized carbons (Fsp3) is 0.900. The Hall–Kier alpha value is -0.310. The molecule has 0 aromatic heterocycles. The van der Waals surface area contributed by atoms with Gasteiger partial charge in [-0.15, -0.1) is 0 Å². The quantitative estimate of drug-likeness (QED) is 0.706. The molecule has 0 aromatic rings. The molecular formula is C10H18N2O4S2. The topological polar surface area (TPSA) is 89.7 Å². The van der Waals surface area contributed by atoms with E-state index < -0.39 is 20.8 Å². The van der Waals surface area contributed by atoms with Crippen molar-refractivity contribution in [3.63, 3.8) is 0 Å². The maximum absolute atomic E-state index is 12.4. The molecule has 1 amide bonds. The third-order valence-corrected chi connectivity index (χ3v) is 5.96. The predicted octanol–water partition coefficient (Wildman–Crippen LogP) is -0.950. The van der Waals surface area contributed by atoms with Crippen molar-refractivity contribution in [2.45, 2.75) is 17.3 Å². The number of sulfone groups is 1. The molecule has 2 N–H and O–H groups in total. The summed E-state index contributed by atoms with van der Waals surface area (Å²) in [6.07, 6.45) is 1.62. The average molecular weight is 294 g/mol. The molecule has 2 saturated heterocycles. The Morgan fingerprint density at radius 3 is 2.83 bits per heavy atom. The molecule has 2 aliphatic heterocycles. The Morgan fingerprint density at radius 2 is 2.28 bits per heavy atom. The molecule has 104 valence electrons. The molecule has 2 rings (SSSR count). The van der Waals surface area contributed by atoms with Crippen molar-refractivity contribution in [3.05, 3.63) is 0 Å². The van der Waals surface area contributed by atoms with Gasteiger partial charge in [-0.2, -0.15) is 11.8 Å². The highest BCUT2D eigenvalue weighted by atomic mass is 32.2. The van der Waals surface area contributed by atoms with Gasteiger partial charge in [0.1, 0.15) is 10.9 Å². The fourth-order valence-corrected chi connectivity index (χ4v) is 5.02. The predicted molar refractivity (Wildman–Crippen MR) is 70.0 cm³/mol. The van der Waals surface area contributed by atoms with E-state index in [4.69, 9.17) is 10.5 Å². The molecule has 2 unspecified atom stereocenters. The number of nitrogens with two attached hydrogens (primary N) is 1. The molecule has 0 aliphatic carbocycles. The zero-order valence-corrected chi connectivity index (χ0v) is 11.9. The molecule has 8 heteroatoms. The van der Waals surface area contributed by atoms with Crippen molar-refractivity contribution < 1.29 is 17.9 Å². The first-order valence-corrected chi connectivity index (χ1v) is 8.90. The second-order valence-electron chi connectivity index (χ2n) is 4.82. The van der Waals surface area contributed by atoms with Gasteiger partial charge in [0.2, 0.25) is 5.91 Å². The lowest BCUT2D eigenvalue weighted by atomic mass is 9.98. The molecule has 2 atom stereocenters. The van der Waals surface area contributed by atoms with Crippen LogP contribution in [0.25, 0.3) is 0 Å². The number of carbonyl (C=O) groups is 1. The molecule has 2 heterocycles. The van der Waals surface area contributed by atoms with Crippen LogP contribution in [0.5, 0.6) is 0 Å². The molecule has 18 heavy (non-hydrogen) atoms. The summed E-state index contributed by atoms with van der Waals surface area (Å²) >= 11 is 1.55. The van der Waals surface area contributed by atoms with Crippen LogP contribution in [0.15, 0.2) is 0 Å². The number of rotatable bonds is 2. The zero-order valence-electron chi connectivity index (χ0n) is 10.3. The number of thioether (sulfide) groups is 1. The summed E-state index contributed by atoms with van der Waals surface area (Å²) in [6.45, 7) is 1.06. The van der Waals surface area contributed by atoms with Crippen LogP contribution >= 0.6 is 11.8 Å². The minimum atomic E-state index is -3.29. The lowest BCUT2D eigenvalue weighted by Crippen LogP contribution is -2.61. The van der Waals surface area contributed by atoms with Crippen LogP contribution in [-0.4, -0.2) is 67.7 Å². The van der Waals surface area contributed by atoms with Gasteiger partial charge in [0, 0.05) is 30.9 Å². The van der Waals surface area contributed by atoms with E-state index in [0.29, 0.717) is 25.3 Å². The van der Waals surface area contributed by atoms with Gasteiger partial charge in [0.15, 0.2) is 9.84 Å². The zero-order chi connectivity index (χ0) is 13.4. The Bertz CT molecular complexity index is 431. The van der Waals surface area contributed by atoms with Gasteiger partial charge in [-0.1, -0.05) is 0 Å². The van der Waals surface area contributed by atoms with E-state index in [1.165, 1.54) is 4.90 Å². The summed E-state index contributed by atoms with van der Waals surface area (Å²) in [6, 6.07) is 0. The lowest BCUT2D eigenvalue weighted by Gasteiger charge is -2.38. The summed E-state index contributed by atoms with van der Waals surface area (Å²) in [5.74, 6) is 0.867. The van der Waals surface area contributed by atoms with Crippen LogP contribution in [0.1, 0.15) is 6.42 Å². The second-order valence-corrected chi connectivity index (χ2v) is 8.17. The van der Waals surface area contributed by atoms with Gasteiger partial charge in [-0.05, 0) is 6.42 Å². The molecule has 0 saturated carbocycles. The van der Waals surface area contributed by atoms with Crippen molar-refractivity contribution in [1.29, 1.82) is 0 Å². The van der Waals surface area contributed by atoms with Crippen molar-refractivity contribution in [1.82, 2.24) is 4.90 Å². The normalized spacial score (nSPS) is 33.7. The van der Waals surface area contributed by atoms with Gasteiger partial charge in [-0.3, -0.25) is 4.79 Å². The maximum Gasteiger partial charge on any atom is 0.246 e. The Labute approximate surface area is 111 Å². The summed E-state index contributed by atoms with van der Waals surface area (Å²) in [7, 11) is -3.29. The number of carbonyl (C=O) groups excluding carboxylic acids is 1. The maximum atomic E-state index is 12.4. The SMILES string of the molecule is CS(=O)(=O)C1CSCCN1C(=O)C1(N)CCOC1. The molecule has 0 spiro atoms. The summed E-state index contributed by atoms with van der Waals surface area (Å²) in [4.78, 5) is 13.8. The molecule has 2 fully saturated rings.